The molecule has 0 fully saturated rings. The fourth-order valence-electron chi connectivity index (χ4n) is 1.47. The summed E-state index contributed by atoms with van der Waals surface area (Å²) in [7, 11) is 0. The van der Waals surface area contributed by atoms with Crippen molar-refractivity contribution in [1.82, 2.24) is 14.9 Å². The molecule has 0 atom stereocenters. The highest BCUT2D eigenvalue weighted by molar-refractivity contribution is 5.04. The van der Waals surface area contributed by atoms with E-state index < -0.39 is 0 Å². The Morgan fingerprint density at radius 3 is 2.43 bits per heavy atom. The minimum absolute atomic E-state index is 0.496. The topological polar surface area (TPSA) is 29.9 Å². The second kappa shape index (κ2) is 4.60. The maximum Gasteiger partial charge on any atom is 0.106 e. The molecule has 1 heterocycles. The first-order valence-corrected chi connectivity index (χ1v) is 5.28. The molecule has 3 nitrogen and oxygen atoms in total. The van der Waals surface area contributed by atoms with Gasteiger partial charge in [0, 0.05) is 24.8 Å². The van der Waals surface area contributed by atoms with Crippen LogP contribution in [-0.4, -0.2) is 15.6 Å². The van der Waals surface area contributed by atoms with E-state index in [4.69, 9.17) is 0 Å². The summed E-state index contributed by atoms with van der Waals surface area (Å²) in [6, 6.07) is 1.01. The lowest BCUT2D eigenvalue weighted by Crippen LogP contribution is -2.21. The van der Waals surface area contributed by atoms with Crippen LogP contribution in [0.15, 0.2) is 6.20 Å². The number of aromatic nitrogens is 2. The number of nitrogens with zero attached hydrogens (tertiary/aromatic N) is 2. The minimum Gasteiger partial charge on any atom is -0.332 e. The fraction of sp³-hybridized carbons (Fsp3) is 0.727. The van der Waals surface area contributed by atoms with E-state index in [1.54, 1.807) is 0 Å². The Hall–Kier alpha value is -0.830. The van der Waals surface area contributed by atoms with Gasteiger partial charge in [0.2, 0.25) is 0 Å². The zero-order valence-corrected chi connectivity index (χ0v) is 9.83. The molecule has 1 aromatic rings. The lowest BCUT2D eigenvalue weighted by molar-refractivity contribution is 0.575. The smallest absolute Gasteiger partial charge is 0.106 e. The first-order valence-electron chi connectivity index (χ1n) is 5.28. The van der Waals surface area contributed by atoms with Gasteiger partial charge in [0.05, 0.1) is 5.69 Å². The molecule has 0 saturated heterocycles. The van der Waals surface area contributed by atoms with Gasteiger partial charge in [-0.3, -0.25) is 0 Å². The summed E-state index contributed by atoms with van der Waals surface area (Å²) >= 11 is 0. The van der Waals surface area contributed by atoms with Crippen molar-refractivity contribution in [2.24, 2.45) is 0 Å². The van der Waals surface area contributed by atoms with Crippen LogP contribution in [0.4, 0.5) is 0 Å². The SMILES string of the molecule is Cc1nc(CNC(C)C)cn1C(C)C. The number of aryl methyl sites for hydroxylation is 1. The number of hydrogen-bond donors (Lipinski definition) is 1. The molecule has 0 saturated carbocycles. The maximum atomic E-state index is 4.50. The Kier molecular flexibility index (Phi) is 3.69. The summed E-state index contributed by atoms with van der Waals surface area (Å²) in [6.07, 6.45) is 2.13. The molecule has 0 aliphatic carbocycles. The molecule has 3 heteroatoms. The molecule has 1 rings (SSSR count). The summed E-state index contributed by atoms with van der Waals surface area (Å²) in [5.41, 5.74) is 1.13. The third kappa shape index (κ3) is 2.84. The molecule has 0 spiro atoms. The highest BCUT2D eigenvalue weighted by atomic mass is 15.1. The van der Waals surface area contributed by atoms with Crippen LogP contribution in [0, 0.1) is 6.92 Å². The summed E-state index contributed by atoms with van der Waals surface area (Å²) in [5.74, 6) is 1.10. The van der Waals surface area contributed by atoms with Crippen molar-refractivity contribution in [2.45, 2.75) is 53.2 Å². The van der Waals surface area contributed by atoms with E-state index >= 15 is 0 Å². The molecule has 0 unspecified atom stereocenters. The average Bonchev–Trinajstić information content (AvgIpc) is 2.43. The summed E-state index contributed by atoms with van der Waals surface area (Å²) in [5, 5.41) is 3.37. The molecule has 0 radical (unpaired) electrons. The largest absolute Gasteiger partial charge is 0.332 e. The van der Waals surface area contributed by atoms with Gasteiger partial charge in [0.1, 0.15) is 5.82 Å². The van der Waals surface area contributed by atoms with Crippen molar-refractivity contribution < 1.29 is 0 Å². The first kappa shape index (κ1) is 11.2. The van der Waals surface area contributed by atoms with Crippen LogP contribution in [0.5, 0.6) is 0 Å². The third-order valence-corrected chi connectivity index (χ3v) is 2.21. The van der Waals surface area contributed by atoms with E-state index in [1.807, 2.05) is 0 Å². The zero-order valence-electron chi connectivity index (χ0n) is 9.83. The van der Waals surface area contributed by atoms with Crippen LogP contribution in [0.1, 0.15) is 45.3 Å². The van der Waals surface area contributed by atoms with Crippen LogP contribution in [0.3, 0.4) is 0 Å². The Morgan fingerprint density at radius 2 is 2.00 bits per heavy atom. The van der Waals surface area contributed by atoms with Crippen LogP contribution in [0.2, 0.25) is 0 Å². The Balaban J connectivity index is 2.66. The molecule has 0 aromatic carbocycles. The fourth-order valence-corrected chi connectivity index (χ4v) is 1.47. The van der Waals surface area contributed by atoms with E-state index in [2.05, 4.69) is 55.7 Å². The lowest BCUT2D eigenvalue weighted by atomic mass is 10.3. The Morgan fingerprint density at radius 1 is 1.36 bits per heavy atom. The van der Waals surface area contributed by atoms with Gasteiger partial charge in [0.25, 0.3) is 0 Å². The molecular weight excluding hydrogens is 174 g/mol. The predicted molar refractivity (Wildman–Crippen MR) is 59.3 cm³/mol. The van der Waals surface area contributed by atoms with E-state index in [9.17, 15) is 0 Å². The Labute approximate surface area is 86.5 Å². The van der Waals surface area contributed by atoms with Gasteiger partial charge in [-0.2, -0.15) is 0 Å². The minimum atomic E-state index is 0.496. The van der Waals surface area contributed by atoms with Gasteiger partial charge >= 0.3 is 0 Å². The Bertz CT molecular complexity index is 287. The van der Waals surface area contributed by atoms with Crippen molar-refractivity contribution in [2.75, 3.05) is 0 Å². The number of hydrogen-bond acceptors (Lipinski definition) is 2. The van der Waals surface area contributed by atoms with Crippen molar-refractivity contribution in [3.05, 3.63) is 17.7 Å². The van der Waals surface area contributed by atoms with E-state index in [0.717, 1.165) is 18.1 Å². The molecular formula is C11H21N3. The average molecular weight is 195 g/mol. The summed E-state index contributed by atoms with van der Waals surface area (Å²) < 4.78 is 2.21. The first-order chi connectivity index (χ1) is 6.50. The van der Waals surface area contributed by atoms with E-state index in [-0.39, 0.29) is 0 Å². The molecule has 14 heavy (non-hydrogen) atoms. The van der Waals surface area contributed by atoms with Gasteiger partial charge in [0.15, 0.2) is 0 Å². The molecule has 1 aromatic heterocycles. The number of nitrogens with one attached hydrogen (secondary N) is 1. The van der Waals surface area contributed by atoms with Crippen molar-refractivity contribution in [3.8, 4) is 0 Å². The highest BCUT2D eigenvalue weighted by Crippen LogP contribution is 2.10. The monoisotopic (exact) mass is 195 g/mol. The number of imidazole rings is 1. The van der Waals surface area contributed by atoms with Crippen LogP contribution in [0.25, 0.3) is 0 Å². The standard InChI is InChI=1S/C11H21N3/c1-8(2)12-6-11-7-14(9(3)4)10(5)13-11/h7-9,12H,6H2,1-5H3. The van der Waals surface area contributed by atoms with Crippen molar-refractivity contribution in [3.63, 3.8) is 0 Å². The zero-order chi connectivity index (χ0) is 10.7. The van der Waals surface area contributed by atoms with Crippen molar-refractivity contribution in [1.29, 1.82) is 0 Å². The molecule has 0 bridgehead atoms. The van der Waals surface area contributed by atoms with Gasteiger partial charge in [-0.15, -0.1) is 0 Å². The molecule has 0 aliphatic heterocycles. The molecule has 0 aliphatic rings. The van der Waals surface area contributed by atoms with Gasteiger partial charge in [-0.1, -0.05) is 13.8 Å². The predicted octanol–water partition coefficient (Wildman–Crippen LogP) is 2.27. The van der Waals surface area contributed by atoms with Crippen LogP contribution >= 0.6 is 0 Å². The maximum absolute atomic E-state index is 4.50. The van der Waals surface area contributed by atoms with Gasteiger partial charge in [-0.05, 0) is 20.8 Å². The van der Waals surface area contributed by atoms with Gasteiger partial charge < -0.3 is 9.88 Å². The molecule has 80 valence electrons. The van der Waals surface area contributed by atoms with E-state index in [1.165, 1.54) is 0 Å². The summed E-state index contributed by atoms with van der Waals surface area (Å²) in [4.78, 5) is 4.50. The number of rotatable bonds is 4. The lowest BCUT2D eigenvalue weighted by Gasteiger charge is -2.07. The second-order valence-electron chi connectivity index (χ2n) is 4.32. The van der Waals surface area contributed by atoms with Gasteiger partial charge in [-0.25, -0.2) is 4.98 Å². The highest BCUT2D eigenvalue weighted by Gasteiger charge is 2.06. The normalized spacial score (nSPS) is 11.6. The quantitative estimate of drug-likeness (QED) is 0.798. The molecule has 1 N–H and O–H groups in total. The van der Waals surface area contributed by atoms with E-state index in [0.29, 0.717) is 12.1 Å². The van der Waals surface area contributed by atoms with Crippen molar-refractivity contribution >= 4 is 0 Å². The third-order valence-electron chi connectivity index (χ3n) is 2.21. The van der Waals surface area contributed by atoms with Crippen LogP contribution in [-0.2, 0) is 6.54 Å². The molecule has 0 amide bonds. The second-order valence-corrected chi connectivity index (χ2v) is 4.32. The summed E-state index contributed by atoms with van der Waals surface area (Å²) in [6.45, 7) is 11.6. The van der Waals surface area contributed by atoms with Crippen LogP contribution < -0.4 is 5.32 Å².